The Labute approximate surface area is 109 Å². The summed E-state index contributed by atoms with van der Waals surface area (Å²) in [7, 11) is 0. The summed E-state index contributed by atoms with van der Waals surface area (Å²) >= 11 is 3.62. The molecular formula is C14H14BrFO. The smallest absolute Gasteiger partial charge is 0.123 e. The Morgan fingerprint density at radius 3 is 2.82 bits per heavy atom. The van der Waals surface area contributed by atoms with Gasteiger partial charge in [-0.15, -0.1) is 0 Å². The third kappa shape index (κ3) is 4.00. The SMILES string of the molecule is Fc1cccc(CC(Br)CCc2ccco2)c1. The van der Waals surface area contributed by atoms with Gasteiger partial charge in [0, 0.05) is 11.2 Å². The van der Waals surface area contributed by atoms with Gasteiger partial charge in [0.05, 0.1) is 6.26 Å². The van der Waals surface area contributed by atoms with Gasteiger partial charge < -0.3 is 4.42 Å². The van der Waals surface area contributed by atoms with E-state index in [-0.39, 0.29) is 5.82 Å². The largest absolute Gasteiger partial charge is 0.469 e. The lowest BCUT2D eigenvalue weighted by molar-refractivity contribution is 0.500. The minimum Gasteiger partial charge on any atom is -0.469 e. The van der Waals surface area contributed by atoms with E-state index in [1.54, 1.807) is 18.4 Å². The molecule has 2 rings (SSSR count). The van der Waals surface area contributed by atoms with Crippen LogP contribution >= 0.6 is 15.9 Å². The highest BCUT2D eigenvalue weighted by Crippen LogP contribution is 2.17. The molecule has 1 aromatic carbocycles. The molecule has 1 atom stereocenters. The topological polar surface area (TPSA) is 13.1 Å². The predicted octanol–water partition coefficient (Wildman–Crippen LogP) is 4.36. The van der Waals surface area contributed by atoms with Crippen molar-refractivity contribution in [2.24, 2.45) is 0 Å². The van der Waals surface area contributed by atoms with Gasteiger partial charge in [0.15, 0.2) is 0 Å². The number of rotatable bonds is 5. The summed E-state index contributed by atoms with van der Waals surface area (Å²) in [6, 6.07) is 10.6. The lowest BCUT2D eigenvalue weighted by atomic mass is 10.1. The molecule has 0 radical (unpaired) electrons. The van der Waals surface area contributed by atoms with Crippen LogP contribution in [0, 0.1) is 5.82 Å². The monoisotopic (exact) mass is 296 g/mol. The first-order valence-corrected chi connectivity index (χ1v) is 6.56. The van der Waals surface area contributed by atoms with Gasteiger partial charge in [0.25, 0.3) is 0 Å². The Balaban J connectivity index is 1.83. The lowest BCUT2D eigenvalue weighted by Crippen LogP contribution is -2.04. The van der Waals surface area contributed by atoms with Crippen LogP contribution in [-0.2, 0) is 12.8 Å². The first kappa shape index (κ1) is 12.4. The minimum atomic E-state index is -0.173. The fourth-order valence-electron chi connectivity index (χ4n) is 1.78. The molecule has 0 spiro atoms. The van der Waals surface area contributed by atoms with E-state index in [2.05, 4.69) is 15.9 Å². The van der Waals surface area contributed by atoms with Crippen molar-refractivity contribution in [3.8, 4) is 0 Å². The quantitative estimate of drug-likeness (QED) is 0.747. The summed E-state index contributed by atoms with van der Waals surface area (Å²) < 4.78 is 18.3. The second-order valence-electron chi connectivity index (χ2n) is 4.05. The van der Waals surface area contributed by atoms with E-state index in [4.69, 9.17) is 4.42 Å². The maximum Gasteiger partial charge on any atom is 0.123 e. The number of benzene rings is 1. The van der Waals surface area contributed by atoms with Gasteiger partial charge in [0.2, 0.25) is 0 Å². The van der Waals surface area contributed by atoms with Crippen molar-refractivity contribution in [1.82, 2.24) is 0 Å². The maximum atomic E-state index is 13.0. The molecule has 90 valence electrons. The molecule has 0 amide bonds. The molecule has 1 heterocycles. The molecule has 2 aromatic rings. The van der Waals surface area contributed by atoms with E-state index in [0.29, 0.717) is 4.83 Å². The van der Waals surface area contributed by atoms with Crippen LogP contribution in [0.15, 0.2) is 47.1 Å². The highest BCUT2D eigenvalue weighted by molar-refractivity contribution is 9.09. The molecule has 0 bridgehead atoms. The van der Waals surface area contributed by atoms with Crippen molar-refractivity contribution in [2.75, 3.05) is 0 Å². The van der Waals surface area contributed by atoms with Crippen molar-refractivity contribution in [3.63, 3.8) is 0 Å². The summed E-state index contributed by atoms with van der Waals surface area (Å²) in [5.74, 6) is 0.821. The molecule has 0 saturated carbocycles. The fourth-order valence-corrected chi connectivity index (χ4v) is 2.38. The number of alkyl halides is 1. The first-order chi connectivity index (χ1) is 8.24. The zero-order chi connectivity index (χ0) is 12.1. The molecule has 0 aliphatic carbocycles. The standard InChI is InChI=1S/C14H14BrFO/c15-12(6-7-14-5-2-8-17-14)9-11-3-1-4-13(16)10-11/h1-5,8,10,12H,6-7,9H2. The van der Waals surface area contributed by atoms with Crippen LogP contribution < -0.4 is 0 Å². The molecule has 1 aromatic heterocycles. The highest BCUT2D eigenvalue weighted by atomic mass is 79.9. The van der Waals surface area contributed by atoms with Gasteiger partial charge in [-0.05, 0) is 42.7 Å². The van der Waals surface area contributed by atoms with E-state index in [1.165, 1.54) is 6.07 Å². The van der Waals surface area contributed by atoms with E-state index in [9.17, 15) is 4.39 Å². The zero-order valence-corrected chi connectivity index (χ0v) is 11.0. The van der Waals surface area contributed by atoms with Crippen LogP contribution in [0.2, 0.25) is 0 Å². The molecule has 3 heteroatoms. The molecular weight excluding hydrogens is 283 g/mol. The molecule has 0 fully saturated rings. The van der Waals surface area contributed by atoms with Crippen molar-refractivity contribution in [2.45, 2.75) is 24.1 Å². The van der Waals surface area contributed by atoms with Crippen LogP contribution in [0.3, 0.4) is 0 Å². The van der Waals surface area contributed by atoms with Crippen LogP contribution in [0.1, 0.15) is 17.7 Å². The number of hydrogen-bond acceptors (Lipinski definition) is 1. The summed E-state index contributed by atoms with van der Waals surface area (Å²) in [6.07, 6.45) is 4.39. The van der Waals surface area contributed by atoms with Crippen molar-refractivity contribution >= 4 is 15.9 Å². The summed E-state index contributed by atoms with van der Waals surface area (Å²) in [6.45, 7) is 0. The fraction of sp³-hybridized carbons (Fsp3) is 0.286. The Kier molecular flexibility index (Phi) is 4.37. The van der Waals surface area contributed by atoms with Crippen molar-refractivity contribution in [3.05, 3.63) is 59.8 Å². The van der Waals surface area contributed by atoms with Gasteiger partial charge in [0.1, 0.15) is 11.6 Å². The van der Waals surface area contributed by atoms with Crippen molar-refractivity contribution in [1.29, 1.82) is 0 Å². The third-order valence-corrected chi connectivity index (χ3v) is 3.41. The summed E-state index contributed by atoms with van der Waals surface area (Å²) in [5.41, 5.74) is 1.02. The third-order valence-electron chi connectivity index (χ3n) is 2.63. The zero-order valence-electron chi connectivity index (χ0n) is 9.40. The summed E-state index contributed by atoms with van der Waals surface area (Å²) in [5, 5.41) is 0. The first-order valence-electron chi connectivity index (χ1n) is 5.65. The number of halogens is 2. The second-order valence-corrected chi connectivity index (χ2v) is 5.34. The van der Waals surface area contributed by atoms with Crippen molar-refractivity contribution < 1.29 is 8.81 Å². The molecule has 0 N–H and O–H groups in total. The number of aryl methyl sites for hydroxylation is 1. The average Bonchev–Trinajstić information content (AvgIpc) is 2.79. The number of furan rings is 1. The maximum absolute atomic E-state index is 13.0. The highest BCUT2D eigenvalue weighted by Gasteiger charge is 2.07. The van der Waals surface area contributed by atoms with E-state index < -0.39 is 0 Å². The minimum absolute atomic E-state index is 0.173. The van der Waals surface area contributed by atoms with Crippen LogP contribution in [0.25, 0.3) is 0 Å². The molecule has 0 saturated heterocycles. The van der Waals surface area contributed by atoms with E-state index in [0.717, 1.165) is 30.6 Å². The molecule has 1 nitrogen and oxygen atoms in total. The molecule has 17 heavy (non-hydrogen) atoms. The molecule has 0 aliphatic heterocycles. The van der Waals surface area contributed by atoms with E-state index in [1.807, 2.05) is 18.2 Å². The predicted molar refractivity (Wildman–Crippen MR) is 69.8 cm³/mol. The number of hydrogen-bond donors (Lipinski definition) is 0. The van der Waals surface area contributed by atoms with Gasteiger partial charge in [-0.2, -0.15) is 0 Å². The van der Waals surface area contributed by atoms with E-state index >= 15 is 0 Å². The van der Waals surface area contributed by atoms with Gasteiger partial charge in [-0.25, -0.2) is 4.39 Å². The Bertz CT molecular complexity index is 453. The van der Waals surface area contributed by atoms with Gasteiger partial charge in [-0.3, -0.25) is 0 Å². The molecule has 0 aliphatic rings. The Hall–Kier alpha value is -1.09. The Morgan fingerprint density at radius 1 is 1.24 bits per heavy atom. The normalized spacial score (nSPS) is 12.6. The second kappa shape index (κ2) is 6.01. The van der Waals surface area contributed by atoms with Gasteiger partial charge in [-0.1, -0.05) is 28.1 Å². The average molecular weight is 297 g/mol. The van der Waals surface area contributed by atoms with Crippen LogP contribution in [0.4, 0.5) is 4.39 Å². The molecule has 1 unspecified atom stereocenters. The Morgan fingerprint density at radius 2 is 2.12 bits per heavy atom. The lowest BCUT2D eigenvalue weighted by Gasteiger charge is -2.08. The summed E-state index contributed by atoms with van der Waals surface area (Å²) in [4.78, 5) is 0.342. The van der Waals surface area contributed by atoms with Crippen LogP contribution in [-0.4, -0.2) is 4.83 Å². The van der Waals surface area contributed by atoms with Crippen LogP contribution in [0.5, 0.6) is 0 Å². The van der Waals surface area contributed by atoms with Gasteiger partial charge >= 0.3 is 0 Å².